The third-order valence-corrected chi connectivity index (χ3v) is 3.41. The highest BCUT2D eigenvalue weighted by Crippen LogP contribution is 2.36. The van der Waals surface area contributed by atoms with Crippen molar-refractivity contribution in [3.8, 4) is 11.5 Å². The van der Waals surface area contributed by atoms with Crippen LogP contribution in [0.1, 0.15) is 5.56 Å². The Morgan fingerprint density at radius 3 is 2.40 bits per heavy atom. The molecule has 0 aliphatic heterocycles. The SMILES string of the molecule is O=[N+]([O-])c1ccc(Cl)c(Oc2ccc(CCl)cc2Cl)c1. The minimum atomic E-state index is -0.526. The molecule has 0 aliphatic rings. The van der Waals surface area contributed by atoms with Crippen LogP contribution in [0, 0.1) is 10.1 Å². The fraction of sp³-hybridized carbons (Fsp3) is 0.0769. The van der Waals surface area contributed by atoms with Crippen molar-refractivity contribution in [2.75, 3.05) is 0 Å². The molecule has 0 unspecified atom stereocenters. The van der Waals surface area contributed by atoms with Crippen LogP contribution < -0.4 is 4.74 Å². The summed E-state index contributed by atoms with van der Waals surface area (Å²) in [6.07, 6.45) is 0. The molecule has 0 heterocycles. The van der Waals surface area contributed by atoms with E-state index in [2.05, 4.69) is 0 Å². The summed E-state index contributed by atoms with van der Waals surface area (Å²) in [7, 11) is 0. The number of nitro groups is 1. The zero-order valence-electron chi connectivity index (χ0n) is 9.98. The lowest BCUT2D eigenvalue weighted by molar-refractivity contribution is -0.384. The molecular weight excluding hydrogens is 325 g/mol. The molecule has 0 N–H and O–H groups in total. The molecule has 0 spiro atoms. The van der Waals surface area contributed by atoms with Crippen LogP contribution in [0.15, 0.2) is 36.4 Å². The third-order valence-electron chi connectivity index (χ3n) is 2.50. The second-order valence-corrected chi connectivity index (χ2v) is 4.95. The van der Waals surface area contributed by atoms with E-state index in [1.165, 1.54) is 18.2 Å². The van der Waals surface area contributed by atoms with Crippen LogP contribution >= 0.6 is 34.8 Å². The highest BCUT2D eigenvalue weighted by molar-refractivity contribution is 6.33. The maximum Gasteiger partial charge on any atom is 0.273 e. The van der Waals surface area contributed by atoms with Crippen LogP contribution in [0.2, 0.25) is 10.0 Å². The van der Waals surface area contributed by atoms with Crippen molar-refractivity contribution >= 4 is 40.5 Å². The number of alkyl halides is 1. The topological polar surface area (TPSA) is 52.4 Å². The van der Waals surface area contributed by atoms with Gasteiger partial charge in [0.1, 0.15) is 5.75 Å². The number of nitro benzene ring substituents is 1. The zero-order chi connectivity index (χ0) is 14.7. The van der Waals surface area contributed by atoms with Gasteiger partial charge in [0, 0.05) is 11.9 Å². The highest BCUT2D eigenvalue weighted by Gasteiger charge is 2.13. The zero-order valence-corrected chi connectivity index (χ0v) is 12.2. The molecule has 2 rings (SSSR count). The molecule has 20 heavy (non-hydrogen) atoms. The van der Waals surface area contributed by atoms with E-state index in [1.807, 2.05) is 0 Å². The molecule has 0 saturated carbocycles. The summed E-state index contributed by atoms with van der Waals surface area (Å²) in [5, 5.41) is 11.3. The molecule has 104 valence electrons. The first-order valence-corrected chi connectivity index (χ1v) is 6.76. The fourth-order valence-corrected chi connectivity index (χ4v) is 2.08. The number of ether oxygens (including phenoxy) is 1. The van der Waals surface area contributed by atoms with E-state index in [0.29, 0.717) is 16.7 Å². The summed E-state index contributed by atoms with van der Waals surface area (Å²) in [6.45, 7) is 0. The van der Waals surface area contributed by atoms with Gasteiger partial charge in [-0.15, -0.1) is 11.6 Å². The average molecular weight is 333 g/mol. The van der Waals surface area contributed by atoms with Gasteiger partial charge in [-0.2, -0.15) is 0 Å². The molecular formula is C13H8Cl3NO3. The quantitative estimate of drug-likeness (QED) is 0.426. The number of non-ortho nitro benzene ring substituents is 1. The molecule has 0 saturated heterocycles. The lowest BCUT2D eigenvalue weighted by Crippen LogP contribution is -1.91. The Labute approximate surface area is 130 Å². The van der Waals surface area contributed by atoms with Crippen LogP contribution in [0.3, 0.4) is 0 Å². The number of nitrogens with zero attached hydrogens (tertiary/aromatic N) is 1. The largest absolute Gasteiger partial charge is 0.454 e. The van der Waals surface area contributed by atoms with E-state index in [1.54, 1.807) is 18.2 Å². The van der Waals surface area contributed by atoms with Crippen LogP contribution in [0.5, 0.6) is 11.5 Å². The van der Waals surface area contributed by atoms with Crippen molar-refractivity contribution in [2.45, 2.75) is 5.88 Å². The summed E-state index contributed by atoms with van der Waals surface area (Å²) in [5.74, 6) is 0.849. The number of halogens is 3. The van der Waals surface area contributed by atoms with Crippen LogP contribution in [-0.4, -0.2) is 4.92 Å². The maximum absolute atomic E-state index is 10.7. The van der Waals surface area contributed by atoms with Gasteiger partial charge in [-0.3, -0.25) is 10.1 Å². The van der Waals surface area contributed by atoms with Crippen molar-refractivity contribution in [1.82, 2.24) is 0 Å². The molecule has 0 aliphatic carbocycles. The summed E-state index contributed by atoms with van der Waals surface area (Å²) in [4.78, 5) is 10.2. The Bertz CT molecular complexity index is 661. The van der Waals surface area contributed by atoms with Gasteiger partial charge in [-0.1, -0.05) is 29.3 Å². The lowest BCUT2D eigenvalue weighted by atomic mass is 10.2. The van der Waals surface area contributed by atoms with Gasteiger partial charge in [-0.05, 0) is 23.8 Å². The van der Waals surface area contributed by atoms with Crippen molar-refractivity contribution in [1.29, 1.82) is 0 Å². The van der Waals surface area contributed by atoms with Crippen LogP contribution in [-0.2, 0) is 5.88 Å². The number of hydrogen-bond acceptors (Lipinski definition) is 3. The summed E-state index contributed by atoms with van der Waals surface area (Å²) >= 11 is 17.7. The molecule has 0 fully saturated rings. The van der Waals surface area contributed by atoms with E-state index in [4.69, 9.17) is 39.5 Å². The van der Waals surface area contributed by atoms with Gasteiger partial charge < -0.3 is 4.74 Å². The summed E-state index contributed by atoms with van der Waals surface area (Å²) < 4.78 is 5.52. The third kappa shape index (κ3) is 3.33. The number of benzene rings is 2. The van der Waals surface area contributed by atoms with Crippen molar-refractivity contribution in [3.05, 3.63) is 62.1 Å². The Morgan fingerprint density at radius 2 is 1.80 bits per heavy atom. The molecule has 4 nitrogen and oxygen atoms in total. The molecule has 0 atom stereocenters. The van der Waals surface area contributed by atoms with Crippen LogP contribution in [0.4, 0.5) is 5.69 Å². The first kappa shape index (κ1) is 14.9. The van der Waals surface area contributed by atoms with Gasteiger partial charge in [0.2, 0.25) is 0 Å². The first-order chi connectivity index (χ1) is 9.51. The van der Waals surface area contributed by atoms with Gasteiger partial charge in [0.25, 0.3) is 5.69 Å². The summed E-state index contributed by atoms with van der Waals surface area (Å²) in [5.41, 5.74) is 0.729. The molecule has 0 aromatic heterocycles. The Hall–Kier alpha value is -1.49. The van der Waals surface area contributed by atoms with Gasteiger partial charge in [-0.25, -0.2) is 0 Å². The standard InChI is InChI=1S/C13H8Cl3NO3/c14-7-8-1-4-12(11(16)5-8)20-13-6-9(17(18)19)2-3-10(13)15/h1-6H,7H2. The first-order valence-electron chi connectivity index (χ1n) is 5.47. The monoisotopic (exact) mass is 331 g/mol. The van der Waals surface area contributed by atoms with Gasteiger partial charge in [0.05, 0.1) is 21.0 Å². The Kier molecular flexibility index (Phi) is 4.70. The second-order valence-electron chi connectivity index (χ2n) is 3.87. The van der Waals surface area contributed by atoms with Crippen molar-refractivity contribution < 1.29 is 9.66 Å². The van der Waals surface area contributed by atoms with E-state index in [0.717, 1.165) is 5.56 Å². The molecule has 2 aromatic rings. The van der Waals surface area contributed by atoms with E-state index >= 15 is 0 Å². The number of hydrogen-bond donors (Lipinski definition) is 0. The van der Waals surface area contributed by atoms with E-state index in [-0.39, 0.29) is 16.5 Å². The van der Waals surface area contributed by atoms with Crippen molar-refractivity contribution in [3.63, 3.8) is 0 Å². The van der Waals surface area contributed by atoms with Gasteiger partial charge >= 0.3 is 0 Å². The molecule has 0 bridgehead atoms. The van der Waals surface area contributed by atoms with Crippen molar-refractivity contribution in [2.24, 2.45) is 0 Å². The fourth-order valence-electron chi connectivity index (χ4n) is 1.51. The average Bonchev–Trinajstić information content (AvgIpc) is 2.42. The van der Waals surface area contributed by atoms with Crippen LogP contribution in [0.25, 0.3) is 0 Å². The van der Waals surface area contributed by atoms with E-state index in [9.17, 15) is 10.1 Å². The predicted molar refractivity (Wildman–Crippen MR) is 79.2 cm³/mol. The normalized spacial score (nSPS) is 10.3. The second kappa shape index (κ2) is 6.31. The Balaban J connectivity index is 2.34. The molecule has 7 heteroatoms. The van der Waals surface area contributed by atoms with E-state index < -0.39 is 4.92 Å². The predicted octanol–water partition coefficient (Wildman–Crippen LogP) is 5.43. The lowest BCUT2D eigenvalue weighted by Gasteiger charge is -2.09. The smallest absolute Gasteiger partial charge is 0.273 e. The molecule has 2 aromatic carbocycles. The Morgan fingerprint density at radius 1 is 1.05 bits per heavy atom. The van der Waals surface area contributed by atoms with Gasteiger partial charge in [0.15, 0.2) is 5.75 Å². The molecule has 0 amide bonds. The minimum absolute atomic E-state index is 0.113. The maximum atomic E-state index is 10.7. The minimum Gasteiger partial charge on any atom is -0.454 e. The molecule has 0 radical (unpaired) electrons. The number of rotatable bonds is 4. The highest BCUT2D eigenvalue weighted by atomic mass is 35.5. The summed E-state index contributed by atoms with van der Waals surface area (Å²) in [6, 6.07) is 8.99.